The molecule has 1 N–H and O–H groups in total. The summed E-state index contributed by atoms with van der Waals surface area (Å²) in [7, 11) is 1.73. The molecule has 1 fully saturated rings. The SMILES string of the molecule is CCCCC(C(O)c1ccccc1)N1CCN(c2ccccc2OC)CC1.Cl. The number of hydrogen-bond donors (Lipinski definition) is 1. The zero-order chi connectivity index (χ0) is 19.1. The summed E-state index contributed by atoms with van der Waals surface area (Å²) in [5.74, 6) is 0.929. The van der Waals surface area contributed by atoms with Crippen LogP contribution in [0.25, 0.3) is 0 Å². The predicted octanol–water partition coefficient (Wildman–Crippen LogP) is 4.53. The first-order valence-corrected chi connectivity index (χ1v) is 10.1. The Bertz CT molecular complexity index is 690. The lowest BCUT2D eigenvalue weighted by atomic mass is 9.95. The summed E-state index contributed by atoms with van der Waals surface area (Å²) in [6.45, 7) is 6.02. The lowest BCUT2D eigenvalue weighted by Gasteiger charge is -2.42. The number of anilines is 1. The molecule has 4 nitrogen and oxygen atoms in total. The van der Waals surface area contributed by atoms with Gasteiger partial charge >= 0.3 is 0 Å². The lowest BCUT2D eigenvalue weighted by molar-refractivity contribution is 0.0385. The van der Waals surface area contributed by atoms with Gasteiger partial charge in [-0.25, -0.2) is 0 Å². The number of aliphatic hydroxyl groups excluding tert-OH is 1. The maximum atomic E-state index is 11.0. The molecule has 0 amide bonds. The van der Waals surface area contributed by atoms with Crippen molar-refractivity contribution in [2.24, 2.45) is 0 Å². The standard InChI is InChI=1S/C23H32N2O2.ClH/c1-3-4-12-21(23(26)19-10-6-5-7-11-19)25-17-15-24(16-18-25)20-13-8-9-14-22(20)27-2;/h5-11,13-14,21,23,26H,3-4,12,15-18H2,1-2H3;1H. The number of halogens is 1. The number of piperazine rings is 1. The highest BCUT2D eigenvalue weighted by Crippen LogP contribution is 2.30. The van der Waals surface area contributed by atoms with E-state index in [1.807, 2.05) is 42.5 Å². The lowest BCUT2D eigenvalue weighted by Crippen LogP contribution is -2.52. The fraction of sp³-hybridized carbons (Fsp3) is 0.478. The summed E-state index contributed by atoms with van der Waals surface area (Å²) in [5, 5.41) is 11.0. The molecule has 154 valence electrons. The molecule has 3 rings (SSSR count). The van der Waals surface area contributed by atoms with E-state index in [2.05, 4.69) is 28.9 Å². The molecular weight excluding hydrogens is 372 g/mol. The van der Waals surface area contributed by atoms with Gasteiger partial charge in [0.1, 0.15) is 5.75 Å². The van der Waals surface area contributed by atoms with E-state index in [9.17, 15) is 5.11 Å². The Balaban J connectivity index is 0.00000280. The van der Waals surface area contributed by atoms with Crippen LogP contribution < -0.4 is 9.64 Å². The number of benzene rings is 2. The van der Waals surface area contributed by atoms with Gasteiger partial charge in [-0.05, 0) is 24.1 Å². The van der Waals surface area contributed by atoms with E-state index in [-0.39, 0.29) is 18.4 Å². The number of nitrogens with zero attached hydrogens (tertiary/aromatic N) is 2. The van der Waals surface area contributed by atoms with Crippen molar-refractivity contribution in [3.8, 4) is 5.75 Å². The molecule has 5 heteroatoms. The number of unbranched alkanes of at least 4 members (excludes halogenated alkanes) is 1. The summed E-state index contributed by atoms with van der Waals surface area (Å²) in [6.07, 6.45) is 2.89. The molecule has 1 aliphatic rings. The highest BCUT2D eigenvalue weighted by Gasteiger charge is 2.30. The average Bonchev–Trinajstić information content (AvgIpc) is 2.75. The highest BCUT2D eigenvalue weighted by atomic mass is 35.5. The molecule has 0 aliphatic carbocycles. The maximum absolute atomic E-state index is 11.0. The third kappa shape index (κ3) is 5.40. The van der Waals surface area contributed by atoms with E-state index in [0.29, 0.717) is 0 Å². The third-order valence-electron chi connectivity index (χ3n) is 5.57. The fourth-order valence-electron chi connectivity index (χ4n) is 4.01. The summed E-state index contributed by atoms with van der Waals surface area (Å²) >= 11 is 0. The van der Waals surface area contributed by atoms with Crippen LogP contribution in [0.15, 0.2) is 54.6 Å². The Labute approximate surface area is 175 Å². The van der Waals surface area contributed by atoms with E-state index in [1.165, 1.54) is 0 Å². The van der Waals surface area contributed by atoms with Crippen molar-refractivity contribution < 1.29 is 9.84 Å². The molecule has 2 unspecified atom stereocenters. The van der Waals surface area contributed by atoms with Crippen molar-refractivity contribution in [3.05, 3.63) is 60.2 Å². The van der Waals surface area contributed by atoms with E-state index in [0.717, 1.165) is 62.4 Å². The second-order valence-corrected chi connectivity index (χ2v) is 7.26. The van der Waals surface area contributed by atoms with Gasteiger partial charge in [-0.15, -0.1) is 12.4 Å². The van der Waals surface area contributed by atoms with Gasteiger partial charge in [0, 0.05) is 32.2 Å². The van der Waals surface area contributed by atoms with Crippen LogP contribution in [0.5, 0.6) is 5.75 Å². The van der Waals surface area contributed by atoms with E-state index in [4.69, 9.17) is 4.74 Å². The maximum Gasteiger partial charge on any atom is 0.142 e. The van der Waals surface area contributed by atoms with Gasteiger partial charge < -0.3 is 14.7 Å². The van der Waals surface area contributed by atoms with Crippen LogP contribution in [-0.4, -0.2) is 49.3 Å². The molecule has 0 spiro atoms. The molecule has 1 aliphatic heterocycles. The number of rotatable bonds is 8. The number of aliphatic hydroxyl groups is 1. The Morgan fingerprint density at radius 3 is 2.25 bits per heavy atom. The van der Waals surface area contributed by atoms with Gasteiger partial charge in [0.2, 0.25) is 0 Å². The normalized spacial score (nSPS) is 16.9. The van der Waals surface area contributed by atoms with Crippen molar-refractivity contribution in [2.45, 2.75) is 38.3 Å². The van der Waals surface area contributed by atoms with E-state index >= 15 is 0 Å². The molecular formula is C23H33ClN2O2. The monoisotopic (exact) mass is 404 g/mol. The molecule has 28 heavy (non-hydrogen) atoms. The average molecular weight is 405 g/mol. The van der Waals surface area contributed by atoms with Gasteiger partial charge in [-0.1, -0.05) is 62.2 Å². The van der Waals surface area contributed by atoms with Crippen LogP contribution in [0, 0.1) is 0 Å². The number of para-hydroxylation sites is 2. The Morgan fingerprint density at radius 2 is 1.61 bits per heavy atom. The molecule has 0 radical (unpaired) electrons. The van der Waals surface area contributed by atoms with Crippen LogP contribution in [0.2, 0.25) is 0 Å². The van der Waals surface area contributed by atoms with Gasteiger partial charge in [0.25, 0.3) is 0 Å². The zero-order valence-electron chi connectivity index (χ0n) is 17.0. The Kier molecular flexibility index (Phi) is 9.10. The second-order valence-electron chi connectivity index (χ2n) is 7.26. The molecule has 1 saturated heterocycles. The molecule has 2 aromatic rings. The number of hydrogen-bond acceptors (Lipinski definition) is 4. The molecule has 2 atom stereocenters. The van der Waals surface area contributed by atoms with E-state index < -0.39 is 6.10 Å². The minimum Gasteiger partial charge on any atom is -0.495 e. The molecule has 0 bridgehead atoms. The highest BCUT2D eigenvalue weighted by molar-refractivity contribution is 5.85. The molecule has 0 aromatic heterocycles. The number of methoxy groups -OCH3 is 1. The minimum atomic E-state index is -0.435. The third-order valence-corrected chi connectivity index (χ3v) is 5.57. The quantitative estimate of drug-likeness (QED) is 0.701. The summed E-state index contributed by atoms with van der Waals surface area (Å²) in [5.41, 5.74) is 2.18. The Morgan fingerprint density at radius 1 is 0.964 bits per heavy atom. The first-order valence-electron chi connectivity index (χ1n) is 10.1. The number of ether oxygens (including phenoxy) is 1. The van der Waals surface area contributed by atoms with Crippen molar-refractivity contribution >= 4 is 18.1 Å². The van der Waals surface area contributed by atoms with Gasteiger partial charge in [0.15, 0.2) is 0 Å². The van der Waals surface area contributed by atoms with Crippen molar-refractivity contribution in [2.75, 3.05) is 38.2 Å². The minimum absolute atomic E-state index is 0. The van der Waals surface area contributed by atoms with Gasteiger partial charge in [-0.3, -0.25) is 4.90 Å². The van der Waals surface area contributed by atoms with E-state index in [1.54, 1.807) is 7.11 Å². The largest absolute Gasteiger partial charge is 0.495 e. The van der Waals surface area contributed by atoms with Crippen molar-refractivity contribution in [3.63, 3.8) is 0 Å². The second kappa shape index (κ2) is 11.3. The smallest absolute Gasteiger partial charge is 0.142 e. The van der Waals surface area contributed by atoms with Gasteiger partial charge in [0.05, 0.1) is 18.9 Å². The fourth-order valence-corrected chi connectivity index (χ4v) is 4.01. The van der Waals surface area contributed by atoms with Crippen LogP contribution >= 0.6 is 12.4 Å². The van der Waals surface area contributed by atoms with Crippen LogP contribution in [0.1, 0.15) is 37.9 Å². The van der Waals surface area contributed by atoms with Crippen LogP contribution in [-0.2, 0) is 0 Å². The first kappa shape index (κ1) is 22.5. The zero-order valence-corrected chi connectivity index (χ0v) is 17.8. The molecule has 2 aromatic carbocycles. The first-order chi connectivity index (χ1) is 13.2. The van der Waals surface area contributed by atoms with Crippen molar-refractivity contribution in [1.82, 2.24) is 4.90 Å². The topological polar surface area (TPSA) is 35.9 Å². The molecule has 0 saturated carbocycles. The molecule has 1 heterocycles. The summed E-state index contributed by atoms with van der Waals surface area (Å²) < 4.78 is 5.53. The predicted molar refractivity (Wildman–Crippen MR) is 119 cm³/mol. The summed E-state index contributed by atoms with van der Waals surface area (Å²) in [6, 6.07) is 18.5. The van der Waals surface area contributed by atoms with Crippen molar-refractivity contribution in [1.29, 1.82) is 0 Å². The van der Waals surface area contributed by atoms with Gasteiger partial charge in [-0.2, -0.15) is 0 Å². The van der Waals surface area contributed by atoms with Crippen LogP contribution in [0.4, 0.5) is 5.69 Å². The summed E-state index contributed by atoms with van der Waals surface area (Å²) in [4.78, 5) is 4.86. The Hall–Kier alpha value is -1.75. The van der Waals surface area contributed by atoms with Crippen LogP contribution in [0.3, 0.4) is 0 Å².